The first-order valence-electron chi connectivity index (χ1n) is 5.58. The van der Waals surface area contributed by atoms with Crippen LogP contribution in [0.2, 0.25) is 0 Å². The van der Waals surface area contributed by atoms with Gasteiger partial charge in [-0.15, -0.1) is 0 Å². The van der Waals surface area contributed by atoms with Crippen molar-refractivity contribution in [3.8, 4) is 0 Å². The maximum atomic E-state index is 12.7. The van der Waals surface area contributed by atoms with Crippen molar-refractivity contribution in [1.29, 1.82) is 0 Å². The number of aromatic nitrogens is 2. The van der Waals surface area contributed by atoms with Gasteiger partial charge in [0.15, 0.2) is 5.60 Å². The van der Waals surface area contributed by atoms with E-state index in [0.29, 0.717) is 11.4 Å². The number of nitrogens with zero attached hydrogens (tertiary/aromatic N) is 3. The molecule has 1 fully saturated rings. The van der Waals surface area contributed by atoms with Crippen molar-refractivity contribution < 1.29 is 18.3 Å². The largest absolute Gasteiger partial charge is 0.419 e. The van der Waals surface area contributed by atoms with E-state index in [1.54, 1.807) is 19.9 Å². The minimum atomic E-state index is -4.62. The predicted molar refractivity (Wildman–Crippen MR) is 59.3 cm³/mol. The number of halogens is 3. The van der Waals surface area contributed by atoms with Crippen LogP contribution in [0.4, 0.5) is 19.1 Å². The van der Waals surface area contributed by atoms with Crippen LogP contribution in [0.25, 0.3) is 0 Å². The number of alkyl halides is 3. The van der Waals surface area contributed by atoms with Gasteiger partial charge >= 0.3 is 6.18 Å². The minimum Gasteiger partial charge on any atom is -0.379 e. The zero-order valence-corrected chi connectivity index (χ0v) is 10.1. The number of aryl methyl sites for hydroxylation is 2. The fourth-order valence-corrected chi connectivity index (χ4v) is 2.04. The second kappa shape index (κ2) is 4.08. The Labute approximate surface area is 102 Å². The van der Waals surface area contributed by atoms with Crippen LogP contribution in [0.15, 0.2) is 6.07 Å². The Morgan fingerprint density at radius 1 is 1.28 bits per heavy atom. The average Bonchev–Trinajstić information content (AvgIpc) is 2.60. The summed E-state index contributed by atoms with van der Waals surface area (Å²) in [6.45, 7) is 3.09. The van der Waals surface area contributed by atoms with E-state index < -0.39 is 18.3 Å². The Hall–Kier alpha value is -1.37. The normalized spacial score (nSPS) is 24.7. The van der Waals surface area contributed by atoms with Crippen LogP contribution in [-0.2, 0) is 0 Å². The van der Waals surface area contributed by atoms with Crippen LogP contribution >= 0.6 is 0 Å². The summed E-state index contributed by atoms with van der Waals surface area (Å²) >= 11 is 0. The maximum absolute atomic E-state index is 12.7. The van der Waals surface area contributed by atoms with E-state index >= 15 is 0 Å². The van der Waals surface area contributed by atoms with E-state index in [4.69, 9.17) is 0 Å². The van der Waals surface area contributed by atoms with Crippen molar-refractivity contribution >= 4 is 5.95 Å². The van der Waals surface area contributed by atoms with Crippen LogP contribution in [0.5, 0.6) is 0 Å². The molecule has 100 valence electrons. The summed E-state index contributed by atoms with van der Waals surface area (Å²) in [5.74, 6) is 0.243. The molecule has 0 spiro atoms. The van der Waals surface area contributed by atoms with Crippen LogP contribution in [-0.4, -0.2) is 39.9 Å². The molecule has 0 aromatic carbocycles. The summed E-state index contributed by atoms with van der Waals surface area (Å²) in [5.41, 5.74) is -1.27. The molecule has 1 aliphatic heterocycles. The Morgan fingerprint density at radius 2 is 1.83 bits per heavy atom. The van der Waals surface area contributed by atoms with Crippen molar-refractivity contribution in [3.05, 3.63) is 17.5 Å². The van der Waals surface area contributed by atoms with Gasteiger partial charge in [-0.3, -0.25) is 0 Å². The third kappa shape index (κ3) is 2.27. The van der Waals surface area contributed by atoms with Gasteiger partial charge < -0.3 is 10.0 Å². The number of hydrogen-bond donors (Lipinski definition) is 1. The average molecular weight is 261 g/mol. The molecule has 2 heterocycles. The highest BCUT2D eigenvalue weighted by Crippen LogP contribution is 2.38. The molecule has 0 bridgehead atoms. The van der Waals surface area contributed by atoms with Crippen LogP contribution in [0, 0.1) is 13.8 Å². The van der Waals surface area contributed by atoms with Crippen molar-refractivity contribution in [1.82, 2.24) is 9.97 Å². The molecule has 1 aromatic rings. The molecular formula is C11H14F3N3O. The third-order valence-electron chi connectivity index (χ3n) is 3.03. The Kier molecular flexibility index (Phi) is 2.96. The summed E-state index contributed by atoms with van der Waals surface area (Å²) in [5, 5.41) is 9.58. The molecule has 1 unspecified atom stereocenters. The zero-order chi connectivity index (χ0) is 13.6. The van der Waals surface area contributed by atoms with Crippen molar-refractivity contribution in [2.24, 2.45) is 0 Å². The van der Waals surface area contributed by atoms with Gasteiger partial charge in [-0.1, -0.05) is 0 Å². The predicted octanol–water partition coefficient (Wildman–Crippen LogP) is 1.60. The molecular weight excluding hydrogens is 247 g/mol. The molecule has 1 N–H and O–H groups in total. The second-order valence-corrected chi connectivity index (χ2v) is 4.65. The molecule has 1 saturated heterocycles. The van der Waals surface area contributed by atoms with Gasteiger partial charge in [0.2, 0.25) is 5.95 Å². The molecule has 7 heteroatoms. The summed E-state index contributed by atoms with van der Waals surface area (Å²) in [6.07, 6.45) is -4.98. The monoisotopic (exact) mass is 261 g/mol. The van der Waals surface area contributed by atoms with Gasteiger partial charge in [0.25, 0.3) is 0 Å². The Bertz CT molecular complexity index is 443. The Morgan fingerprint density at radius 3 is 2.28 bits per heavy atom. The lowest BCUT2D eigenvalue weighted by molar-refractivity contribution is -0.250. The lowest BCUT2D eigenvalue weighted by Gasteiger charge is -2.26. The molecule has 1 atom stereocenters. The Balaban J connectivity index is 2.23. The zero-order valence-electron chi connectivity index (χ0n) is 10.1. The summed E-state index contributed by atoms with van der Waals surface area (Å²) in [4.78, 5) is 9.57. The van der Waals surface area contributed by atoms with Gasteiger partial charge in [-0.05, 0) is 19.9 Å². The molecule has 2 rings (SSSR count). The van der Waals surface area contributed by atoms with E-state index in [9.17, 15) is 18.3 Å². The number of hydrogen-bond acceptors (Lipinski definition) is 4. The third-order valence-corrected chi connectivity index (χ3v) is 3.03. The molecule has 0 saturated carbocycles. The quantitative estimate of drug-likeness (QED) is 0.834. The van der Waals surface area contributed by atoms with E-state index in [1.807, 2.05) is 0 Å². The number of β-amino-alcohol motifs (C(OH)–C–C–N with tert-alkyl or cyclic N) is 1. The van der Waals surface area contributed by atoms with Gasteiger partial charge in [0.05, 0.1) is 6.54 Å². The molecule has 0 amide bonds. The molecule has 1 aliphatic rings. The number of rotatable bonds is 1. The minimum absolute atomic E-state index is 0.0961. The second-order valence-electron chi connectivity index (χ2n) is 4.65. The van der Waals surface area contributed by atoms with E-state index in [2.05, 4.69) is 9.97 Å². The molecule has 1 aromatic heterocycles. The number of anilines is 1. The molecule has 18 heavy (non-hydrogen) atoms. The molecule has 0 aliphatic carbocycles. The highest BCUT2D eigenvalue weighted by molar-refractivity contribution is 5.35. The van der Waals surface area contributed by atoms with E-state index in [0.717, 1.165) is 0 Å². The van der Waals surface area contributed by atoms with Gasteiger partial charge in [0.1, 0.15) is 0 Å². The molecule has 4 nitrogen and oxygen atoms in total. The lowest BCUT2D eigenvalue weighted by atomic mass is 10.0. The standard InChI is InChI=1S/C11H14F3N3O/c1-7-5-8(2)16-9(15-7)17-4-3-10(18,6-17)11(12,13)14/h5,18H,3-4,6H2,1-2H3. The number of aliphatic hydroxyl groups is 1. The van der Waals surface area contributed by atoms with E-state index in [1.165, 1.54) is 4.90 Å². The highest BCUT2D eigenvalue weighted by atomic mass is 19.4. The van der Waals surface area contributed by atoms with Gasteiger partial charge in [0, 0.05) is 24.4 Å². The maximum Gasteiger partial charge on any atom is 0.419 e. The summed E-state index contributed by atoms with van der Waals surface area (Å²) in [6, 6.07) is 1.75. The topological polar surface area (TPSA) is 49.2 Å². The van der Waals surface area contributed by atoms with Crippen LogP contribution in [0.3, 0.4) is 0 Å². The first-order valence-corrected chi connectivity index (χ1v) is 5.58. The summed E-state index contributed by atoms with van der Waals surface area (Å²) in [7, 11) is 0. The van der Waals surface area contributed by atoms with Crippen molar-refractivity contribution in [2.45, 2.75) is 32.0 Å². The smallest absolute Gasteiger partial charge is 0.379 e. The van der Waals surface area contributed by atoms with Crippen LogP contribution in [0.1, 0.15) is 17.8 Å². The fraction of sp³-hybridized carbons (Fsp3) is 0.636. The molecule has 0 radical (unpaired) electrons. The van der Waals surface area contributed by atoms with E-state index in [-0.39, 0.29) is 18.9 Å². The first kappa shape index (κ1) is 13.1. The van der Waals surface area contributed by atoms with Crippen molar-refractivity contribution in [2.75, 3.05) is 18.0 Å². The van der Waals surface area contributed by atoms with Crippen molar-refractivity contribution in [3.63, 3.8) is 0 Å². The highest BCUT2D eigenvalue weighted by Gasteiger charge is 2.57. The van der Waals surface area contributed by atoms with Gasteiger partial charge in [-0.2, -0.15) is 13.2 Å². The van der Waals surface area contributed by atoms with Crippen LogP contribution < -0.4 is 4.90 Å². The first-order chi connectivity index (χ1) is 8.21. The lowest BCUT2D eigenvalue weighted by Crippen LogP contribution is -2.47. The fourth-order valence-electron chi connectivity index (χ4n) is 2.04. The summed E-state index contributed by atoms with van der Waals surface area (Å²) < 4.78 is 38.0. The SMILES string of the molecule is Cc1cc(C)nc(N2CCC(O)(C(F)(F)F)C2)n1. The van der Waals surface area contributed by atoms with Gasteiger partial charge in [-0.25, -0.2) is 9.97 Å².